The lowest BCUT2D eigenvalue weighted by molar-refractivity contribution is -0.140. The Balaban J connectivity index is 3.87. The van der Waals surface area contributed by atoms with E-state index in [1.807, 2.05) is 0 Å². The van der Waals surface area contributed by atoms with Gasteiger partial charge in [0.05, 0.1) is 12.0 Å². The molecule has 0 aliphatic carbocycles. The van der Waals surface area contributed by atoms with Crippen molar-refractivity contribution in [3.05, 3.63) is 0 Å². The number of aliphatic hydroxyl groups is 3. The van der Waals surface area contributed by atoms with Gasteiger partial charge in [0, 0.05) is 0 Å². The molecule has 0 aliphatic rings. The van der Waals surface area contributed by atoms with E-state index in [0.717, 1.165) is 38.5 Å². The SMILES string of the molecule is CCCCCCCCCCCCCCCC(O)C(C(=O)C(O)CCCCCCCCCCCCC)C(N)O. The number of aliphatic hydroxyl groups excluding tert-OH is 3. The molecule has 4 atom stereocenters. The van der Waals surface area contributed by atoms with Gasteiger partial charge in [0.2, 0.25) is 0 Å². The van der Waals surface area contributed by atoms with Crippen LogP contribution in [-0.2, 0) is 4.79 Å². The minimum absolute atomic E-state index is 0.379. The van der Waals surface area contributed by atoms with E-state index in [-0.39, 0.29) is 0 Å². The van der Waals surface area contributed by atoms with Gasteiger partial charge in [-0.3, -0.25) is 4.79 Å². The number of rotatable bonds is 30. The molecular formula is C33H67NO4. The van der Waals surface area contributed by atoms with Gasteiger partial charge in [-0.15, -0.1) is 0 Å². The van der Waals surface area contributed by atoms with Gasteiger partial charge in [0.15, 0.2) is 5.78 Å². The van der Waals surface area contributed by atoms with Crippen molar-refractivity contribution in [3.63, 3.8) is 0 Å². The summed E-state index contributed by atoms with van der Waals surface area (Å²) in [4.78, 5) is 12.7. The number of hydrogen-bond acceptors (Lipinski definition) is 5. The molecular weight excluding hydrogens is 474 g/mol. The number of unbranched alkanes of at least 4 members (excludes halogenated alkanes) is 22. The summed E-state index contributed by atoms with van der Waals surface area (Å²) in [7, 11) is 0. The van der Waals surface area contributed by atoms with Gasteiger partial charge in [-0.1, -0.05) is 168 Å². The Bertz CT molecular complexity index is 499. The van der Waals surface area contributed by atoms with Crippen molar-refractivity contribution in [2.45, 2.75) is 199 Å². The van der Waals surface area contributed by atoms with Gasteiger partial charge in [-0.05, 0) is 12.8 Å². The number of Topliss-reactive ketones (excluding diaryl/α,β-unsaturated/α-hetero) is 1. The Morgan fingerprint density at radius 3 is 1.11 bits per heavy atom. The van der Waals surface area contributed by atoms with Crippen molar-refractivity contribution in [2.75, 3.05) is 0 Å². The fourth-order valence-electron chi connectivity index (χ4n) is 5.50. The molecule has 5 N–H and O–H groups in total. The summed E-state index contributed by atoms with van der Waals surface area (Å²) < 4.78 is 0. The molecule has 0 heterocycles. The van der Waals surface area contributed by atoms with Crippen molar-refractivity contribution >= 4 is 5.78 Å². The smallest absolute Gasteiger partial charge is 0.170 e. The molecule has 0 fully saturated rings. The molecule has 0 amide bonds. The van der Waals surface area contributed by atoms with E-state index in [1.165, 1.54) is 116 Å². The predicted molar refractivity (Wildman–Crippen MR) is 162 cm³/mol. The molecule has 0 saturated heterocycles. The molecule has 0 spiro atoms. The fourth-order valence-corrected chi connectivity index (χ4v) is 5.50. The Hall–Kier alpha value is -0.490. The molecule has 0 aromatic carbocycles. The molecule has 0 aromatic rings. The van der Waals surface area contributed by atoms with Crippen LogP contribution in [0.15, 0.2) is 0 Å². The van der Waals surface area contributed by atoms with E-state index in [4.69, 9.17) is 5.73 Å². The van der Waals surface area contributed by atoms with Crippen LogP contribution in [0, 0.1) is 5.92 Å². The lowest BCUT2D eigenvalue weighted by Crippen LogP contribution is -2.47. The summed E-state index contributed by atoms with van der Waals surface area (Å²) in [6.45, 7) is 4.50. The second-order valence-corrected chi connectivity index (χ2v) is 11.9. The first-order valence-electron chi connectivity index (χ1n) is 16.8. The molecule has 228 valence electrons. The number of carbonyl (C=O) groups is 1. The highest BCUT2D eigenvalue weighted by Gasteiger charge is 2.34. The summed E-state index contributed by atoms with van der Waals surface area (Å²) in [5.74, 6) is -1.61. The summed E-state index contributed by atoms with van der Waals surface area (Å²) in [5.41, 5.74) is 5.64. The minimum Gasteiger partial charge on any atom is -0.392 e. The third kappa shape index (κ3) is 22.3. The lowest BCUT2D eigenvalue weighted by Gasteiger charge is -2.26. The molecule has 5 heteroatoms. The van der Waals surface area contributed by atoms with E-state index in [2.05, 4.69) is 13.8 Å². The van der Waals surface area contributed by atoms with Crippen LogP contribution in [0.5, 0.6) is 0 Å². The van der Waals surface area contributed by atoms with Crippen molar-refractivity contribution in [3.8, 4) is 0 Å². The highest BCUT2D eigenvalue weighted by molar-refractivity contribution is 5.86. The molecule has 4 unspecified atom stereocenters. The molecule has 0 aliphatic heterocycles. The molecule has 0 saturated carbocycles. The number of carbonyl (C=O) groups excluding carboxylic acids is 1. The zero-order valence-electron chi connectivity index (χ0n) is 25.5. The molecule has 0 aromatic heterocycles. The zero-order chi connectivity index (χ0) is 28.3. The third-order valence-corrected chi connectivity index (χ3v) is 8.12. The maximum atomic E-state index is 12.7. The van der Waals surface area contributed by atoms with E-state index in [0.29, 0.717) is 12.8 Å². The van der Waals surface area contributed by atoms with Crippen LogP contribution >= 0.6 is 0 Å². The normalized spacial score (nSPS) is 14.9. The Morgan fingerprint density at radius 1 is 0.500 bits per heavy atom. The Labute approximate surface area is 236 Å². The van der Waals surface area contributed by atoms with Crippen LogP contribution in [0.4, 0.5) is 0 Å². The fraction of sp³-hybridized carbons (Fsp3) is 0.970. The van der Waals surface area contributed by atoms with Gasteiger partial charge >= 0.3 is 0 Å². The van der Waals surface area contributed by atoms with Crippen LogP contribution in [-0.4, -0.2) is 39.5 Å². The first-order valence-corrected chi connectivity index (χ1v) is 16.8. The van der Waals surface area contributed by atoms with Crippen LogP contribution < -0.4 is 5.73 Å². The van der Waals surface area contributed by atoms with Crippen LogP contribution in [0.25, 0.3) is 0 Å². The standard InChI is InChI=1S/C33H67NO4/c1-3-5-7-9-11-13-15-16-18-19-21-23-25-27-29(35)31(33(34)38)32(37)30(36)28-26-24-22-20-17-14-12-10-8-6-4-2/h29-31,33,35-36,38H,3-28,34H2,1-2H3. The Morgan fingerprint density at radius 2 is 0.789 bits per heavy atom. The molecule has 5 nitrogen and oxygen atoms in total. The van der Waals surface area contributed by atoms with Gasteiger partial charge in [0.1, 0.15) is 12.3 Å². The topological polar surface area (TPSA) is 104 Å². The maximum absolute atomic E-state index is 12.7. The lowest BCUT2D eigenvalue weighted by atomic mass is 9.87. The Kier molecular flexibility index (Phi) is 27.7. The van der Waals surface area contributed by atoms with Gasteiger partial charge < -0.3 is 21.1 Å². The van der Waals surface area contributed by atoms with Crippen molar-refractivity contribution in [1.82, 2.24) is 0 Å². The number of ketones is 1. The van der Waals surface area contributed by atoms with Crippen molar-refractivity contribution in [2.24, 2.45) is 11.7 Å². The van der Waals surface area contributed by atoms with E-state index < -0.39 is 30.1 Å². The first-order chi connectivity index (χ1) is 18.5. The average Bonchev–Trinajstić information content (AvgIpc) is 2.89. The van der Waals surface area contributed by atoms with E-state index >= 15 is 0 Å². The van der Waals surface area contributed by atoms with Gasteiger partial charge in [-0.2, -0.15) is 0 Å². The van der Waals surface area contributed by atoms with Gasteiger partial charge in [0.25, 0.3) is 0 Å². The van der Waals surface area contributed by atoms with Crippen molar-refractivity contribution < 1.29 is 20.1 Å². The monoisotopic (exact) mass is 542 g/mol. The molecule has 0 bridgehead atoms. The van der Waals surface area contributed by atoms with Crippen LogP contribution in [0.1, 0.15) is 181 Å². The van der Waals surface area contributed by atoms with Gasteiger partial charge in [-0.25, -0.2) is 0 Å². The summed E-state index contributed by atoms with van der Waals surface area (Å²) in [6, 6.07) is 0. The second kappa shape index (κ2) is 28.1. The maximum Gasteiger partial charge on any atom is 0.170 e. The highest BCUT2D eigenvalue weighted by atomic mass is 16.3. The molecule has 38 heavy (non-hydrogen) atoms. The second-order valence-electron chi connectivity index (χ2n) is 11.9. The minimum atomic E-state index is -1.44. The largest absolute Gasteiger partial charge is 0.392 e. The van der Waals surface area contributed by atoms with Crippen molar-refractivity contribution in [1.29, 1.82) is 0 Å². The highest BCUT2D eigenvalue weighted by Crippen LogP contribution is 2.20. The quantitative estimate of drug-likeness (QED) is 0.0540. The molecule has 0 rings (SSSR count). The number of nitrogens with two attached hydrogens (primary N) is 1. The first kappa shape index (κ1) is 37.5. The summed E-state index contributed by atoms with van der Waals surface area (Å²) in [5, 5.41) is 30.9. The molecule has 0 radical (unpaired) electrons. The average molecular weight is 542 g/mol. The zero-order valence-corrected chi connectivity index (χ0v) is 25.5. The van der Waals surface area contributed by atoms with Crippen LogP contribution in [0.3, 0.4) is 0 Å². The summed E-state index contributed by atoms with van der Waals surface area (Å²) >= 11 is 0. The third-order valence-electron chi connectivity index (χ3n) is 8.12. The summed E-state index contributed by atoms with van der Waals surface area (Å²) in [6.07, 6.45) is 26.8. The number of hydrogen-bond donors (Lipinski definition) is 4. The van der Waals surface area contributed by atoms with E-state index in [9.17, 15) is 20.1 Å². The van der Waals surface area contributed by atoms with E-state index in [1.54, 1.807) is 0 Å². The predicted octanol–water partition coefficient (Wildman–Crippen LogP) is 8.35. The van der Waals surface area contributed by atoms with Crippen LogP contribution in [0.2, 0.25) is 0 Å².